The number of fused-ring (bicyclic) bond motifs is 3. The van der Waals surface area contributed by atoms with Gasteiger partial charge < -0.3 is 31.3 Å². The predicted molar refractivity (Wildman–Crippen MR) is 129 cm³/mol. The van der Waals surface area contributed by atoms with Gasteiger partial charge in [0.15, 0.2) is 11.4 Å². The van der Waals surface area contributed by atoms with Crippen molar-refractivity contribution >= 4 is 40.1 Å². The van der Waals surface area contributed by atoms with E-state index in [4.69, 9.17) is 5.73 Å². The number of hydrogen-bond acceptors (Lipinski definition) is 9. The number of aliphatic hydroxyl groups excluding tert-OH is 2. The molecule has 0 spiro atoms. The highest BCUT2D eigenvalue weighted by Gasteiger charge is 2.65. The summed E-state index contributed by atoms with van der Waals surface area (Å²) in [4.78, 5) is 41.8. The Balaban J connectivity index is 0.00000158. The van der Waals surface area contributed by atoms with Crippen molar-refractivity contribution in [2.45, 2.75) is 30.6 Å². The fraction of sp³-hybridized carbons (Fsp3) is 0.435. The molecule has 1 aromatic carbocycles. The van der Waals surface area contributed by atoms with Gasteiger partial charge in [0.2, 0.25) is 5.78 Å². The first-order valence-corrected chi connectivity index (χ1v) is 12.5. The second-order valence-electron chi connectivity index (χ2n) is 8.96. The number of carbonyl (C=O) groups excluding carboxylic acids is 3. The number of aromatic hydroxyl groups is 1. The molecule has 0 fully saturated rings. The van der Waals surface area contributed by atoms with Gasteiger partial charge in [-0.05, 0) is 44.0 Å². The quantitative estimate of drug-likeness (QED) is 0.166. The van der Waals surface area contributed by atoms with Gasteiger partial charge in [0, 0.05) is 17.4 Å². The van der Waals surface area contributed by atoms with Crippen molar-refractivity contribution in [3.8, 4) is 5.75 Å². The molecule has 7 N–H and O–H groups in total. The van der Waals surface area contributed by atoms with Crippen LogP contribution in [0.25, 0.3) is 0 Å². The van der Waals surface area contributed by atoms with E-state index < -0.39 is 75.0 Å². The van der Waals surface area contributed by atoms with Crippen molar-refractivity contribution in [2.24, 2.45) is 17.6 Å². The van der Waals surface area contributed by atoms with E-state index in [1.165, 1.54) is 44.1 Å². The number of hydrogen-bond donors (Lipinski definition) is 6. The van der Waals surface area contributed by atoms with Crippen LogP contribution in [0, 0.1) is 11.8 Å². The maximum absolute atomic E-state index is 13.3. The maximum atomic E-state index is 13.3. The molecule has 0 saturated carbocycles. The molecular weight excluding hydrogens is 559 g/mol. The van der Waals surface area contributed by atoms with Crippen molar-refractivity contribution in [2.75, 3.05) is 19.0 Å². The number of nitrogens with zero attached hydrogens (tertiary/aromatic N) is 1. The summed E-state index contributed by atoms with van der Waals surface area (Å²) in [6.07, 6.45) is -0.200. The largest absolute Gasteiger partial charge is 0.510 e. The molecule has 0 heterocycles. The van der Waals surface area contributed by atoms with E-state index in [0.29, 0.717) is 0 Å². The zero-order valence-corrected chi connectivity index (χ0v) is 21.2. The summed E-state index contributed by atoms with van der Waals surface area (Å²) in [6, 6.07) is 3.05. The van der Waals surface area contributed by atoms with Crippen molar-refractivity contribution in [1.82, 2.24) is 4.90 Å². The molecule has 0 radical (unpaired) electrons. The molecule has 1 aromatic rings. The van der Waals surface area contributed by atoms with E-state index in [2.05, 4.69) is 22.6 Å². The molecule has 3 aliphatic carbocycles. The van der Waals surface area contributed by atoms with E-state index in [0.717, 1.165) is 0 Å². The van der Waals surface area contributed by atoms with Crippen LogP contribution in [0.3, 0.4) is 0 Å². The summed E-state index contributed by atoms with van der Waals surface area (Å²) in [5.74, 6) is -7.89. The molecule has 10 nitrogen and oxygen atoms in total. The highest BCUT2D eigenvalue weighted by Crippen LogP contribution is 2.56. The van der Waals surface area contributed by atoms with Crippen LogP contribution in [0.2, 0.25) is 0 Å². The third-order valence-corrected chi connectivity index (χ3v) is 7.02. The Hall–Kier alpha value is -2.48. The van der Waals surface area contributed by atoms with Gasteiger partial charge in [-0.3, -0.25) is 19.3 Å². The number of amides is 1. The second-order valence-corrected chi connectivity index (χ2v) is 8.96. The summed E-state index contributed by atoms with van der Waals surface area (Å²) >= 11 is 2.15. The molecule has 11 heteroatoms. The monoisotopic (exact) mass is 586 g/mol. The molecule has 0 bridgehead atoms. The Morgan fingerprint density at radius 2 is 1.74 bits per heavy atom. The summed E-state index contributed by atoms with van der Waals surface area (Å²) in [6.45, 7) is 1.40. The lowest BCUT2D eigenvalue weighted by Gasteiger charge is -2.52. The lowest BCUT2D eigenvalue weighted by molar-refractivity contribution is -0.151. The van der Waals surface area contributed by atoms with Crippen LogP contribution in [0.4, 0.5) is 0 Å². The molecular formula is C23H27IN2O8. The maximum Gasteiger partial charge on any atom is 0.255 e. The van der Waals surface area contributed by atoms with Gasteiger partial charge in [0.25, 0.3) is 5.91 Å². The Morgan fingerprint density at radius 3 is 2.26 bits per heavy atom. The number of rotatable bonds is 2. The van der Waals surface area contributed by atoms with Crippen molar-refractivity contribution < 1.29 is 39.9 Å². The van der Waals surface area contributed by atoms with E-state index in [9.17, 15) is 39.9 Å². The minimum Gasteiger partial charge on any atom is -0.510 e. The van der Waals surface area contributed by atoms with Gasteiger partial charge in [0.1, 0.15) is 22.8 Å². The molecule has 0 unspecified atom stereocenters. The Kier molecular flexibility index (Phi) is 6.63. The molecule has 0 aliphatic heterocycles. The Labute approximate surface area is 209 Å². The predicted octanol–water partition coefficient (Wildman–Crippen LogP) is 0.837. The van der Waals surface area contributed by atoms with Gasteiger partial charge in [-0.1, -0.05) is 34.7 Å². The highest BCUT2D eigenvalue weighted by atomic mass is 127. The lowest BCUT2D eigenvalue weighted by atomic mass is 9.55. The average molecular weight is 586 g/mol. The number of Topliss-reactive ketones (excluding diaryl/α,β-unsaturated/α-hetero) is 2. The van der Waals surface area contributed by atoms with Crippen LogP contribution in [-0.4, -0.2) is 78.6 Å². The number of primary amides is 1. The van der Waals surface area contributed by atoms with Crippen molar-refractivity contribution in [1.29, 1.82) is 0 Å². The highest BCUT2D eigenvalue weighted by molar-refractivity contribution is 14.1. The van der Waals surface area contributed by atoms with Gasteiger partial charge >= 0.3 is 0 Å². The number of carbonyl (C=O) groups is 3. The number of halogens is 1. The topological polar surface area (TPSA) is 182 Å². The fourth-order valence-corrected chi connectivity index (χ4v) is 5.51. The van der Waals surface area contributed by atoms with Crippen LogP contribution in [0.15, 0.2) is 40.9 Å². The standard InChI is InChI=1S/C22H24N2O8.CH3I/c1-21(31)8-5-4-6-11(25)12(8)16(26)13-9(21)7-10-15(24(2)3)17(27)14(20(23)30)19(29)22(10,32)18(13)28;1-2/h4-6,9-10,15,25,27-28,31-32H,7H2,1-3H3,(H2,23,30);1H3/t9-,10-,15-,21+,22-;/m0./s1. The number of aliphatic hydroxyl groups is 4. The molecule has 34 heavy (non-hydrogen) atoms. The minimum absolute atomic E-state index is 0.135. The minimum atomic E-state index is -2.75. The molecule has 1 amide bonds. The Morgan fingerprint density at radius 1 is 1.15 bits per heavy atom. The fourth-order valence-electron chi connectivity index (χ4n) is 5.51. The number of likely N-dealkylation sites (N-methyl/N-ethyl adjacent to an activating group) is 1. The van der Waals surface area contributed by atoms with Crippen LogP contribution in [-0.2, 0) is 15.2 Å². The van der Waals surface area contributed by atoms with Gasteiger partial charge in [0.05, 0.1) is 17.2 Å². The van der Waals surface area contributed by atoms with Gasteiger partial charge in [-0.15, -0.1) is 0 Å². The molecule has 0 aromatic heterocycles. The lowest BCUT2D eigenvalue weighted by Crippen LogP contribution is -2.65. The number of ketones is 2. The normalized spacial score (nSPS) is 32.5. The molecule has 4 rings (SSSR count). The van der Waals surface area contributed by atoms with Crippen LogP contribution in [0.5, 0.6) is 5.75 Å². The number of nitrogens with two attached hydrogens (primary N) is 1. The Bertz CT molecular complexity index is 1160. The third kappa shape index (κ3) is 3.28. The van der Waals surface area contributed by atoms with Gasteiger partial charge in [-0.2, -0.15) is 0 Å². The van der Waals surface area contributed by atoms with E-state index >= 15 is 0 Å². The van der Waals surface area contributed by atoms with E-state index in [-0.39, 0.29) is 17.5 Å². The molecule has 0 saturated heterocycles. The van der Waals surface area contributed by atoms with Crippen molar-refractivity contribution in [3.05, 3.63) is 52.0 Å². The smallest absolute Gasteiger partial charge is 0.255 e. The first-order chi connectivity index (χ1) is 15.8. The number of benzene rings is 1. The number of alkyl halides is 1. The molecule has 5 atom stereocenters. The van der Waals surface area contributed by atoms with Crippen molar-refractivity contribution in [3.63, 3.8) is 0 Å². The van der Waals surface area contributed by atoms with Crippen LogP contribution < -0.4 is 5.73 Å². The number of phenols is 1. The van der Waals surface area contributed by atoms with Crippen LogP contribution in [0.1, 0.15) is 29.3 Å². The SMILES string of the molecule is CI.CN(C)[C@@H]1C(O)=C(C(N)=O)C(=O)[C@@]2(O)C(O)=C3C(=O)c4c(O)cccc4[C@@](C)(O)[C@H]3C[C@@H]12. The average Bonchev–Trinajstić information content (AvgIpc) is 2.75. The van der Waals surface area contributed by atoms with E-state index in [1.54, 1.807) is 0 Å². The van der Waals surface area contributed by atoms with Gasteiger partial charge in [-0.25, -0.2) is 0 Å². The second kappa shape index (κ2) is 8.63. The summed E-state index contributed by atoms with van der Waals surface area (Å²) in [5, 5.41) is 55.0. The van der Waals surface area contributed by atoms with E-state index in [1.807, 2.05) is 4.93 Å². The summed E-state index contributed by atoms with van der Waals surface area (Å²) in [5.41, 5.74) is -0.654. The molecule has 184 valence electrons. The first kappa shape index (κ1) is 26.1. The molecule has 3 aliphatic rings. The number of phenolic OH excluding ortho intramolecular Hbond substituents is 1. The summed E-state index contributed by atoms with van der Waals surface area (Å²) in [7, 11) is 3.06. The first-order valence-electron chi connectivity index (χ1n) is 10.3. The summed E-state index contributed by atoms with van der Waals surface area (Å²) < 4.78 is 0. The zero-order chi connectivity index (χ0) is 25.9. The zero-order valence-electron chi connectivity index (χ0n) is 19.0. The third-order valence-electron chi connectivity index (χ3n) is 7.02. The van der Waals surface area contributed by atoms with Crippen LogP contribution >= 0.6 is 22.6 Å².